The summed E-state index contributed by atoms with van der Waals surface area (Å²) in [5.41, 5.74) is 3.42. The fourth-order valence-corrected chi connectivity index (χ4v) is 2.20. The van der Waals surface area contributed by atoms with Crippen LogP contribution in [0.15, 0.2) is 40.8 Å². The molecule has 1 heterocycles. The Morgan fingerprint density at radius 1 is 1.45 bits per heavy atom. The third kappa shape index (κ3) is 3.89. The average molecular weight is 292 g/mol. The van der Waals surface area contributed by atoms with Gasteiger partial charge >= 0.3 is 0 Å². The summed E-state index contributed by atoms with van der Waals surface area (Å²) < 4.78 is 18.3. The molecular formula is C14H13FN2O2S. The highest BCUT2D eigenvalue weighted by atomic mass is 32.1. The van der Waals surface area contributed by atoms with E-state index in [9.17, 15) is 9.18 Å². The van der Waals surface area contributed by atoms with Gasteiger partial charge < -0.3 is 4.74 Å². The number of rotatable bonds is 5. The Balaban J connectivity index is 1.80. The second-order valence-electron chi connectivity index (χ2n) is 3.98. The molecule has 20 heavy (non-hydrogen) atoms. The summed E-state index contributed by atoms with van der Waals surface area (Å²) in [6.45, 7) is 1.67. The molecule has 1 amide bonds. The molecule has 104 valence electrons. The minimum absolute atomic E-state index is 0.0423. The van der Waals surface area contributed by atoms with E-state index in [0.29, 0.717) is 0 Å². The van der Waals surface area contributed by atoms with E-state index in [1.807, 2.05) is 18.4 Å². The summed E-state index contributed by atoms with van der Waals surface area (Å²) in [5, 5.41) is 5.77. The minimum atomic E-state index is -0.502. The van der Waals surface area contributed by atoms with Crippen LogP contribution >= 0.6 is 11.3 Å². The maximum absolute atomic E-state index is 13.2. The lowest BCUT2D eigenvalue weighted by Gasteiger charge is -2.05. The van der Waals surface area contributed by atoms with Gasteiger partial charge in [0, 0.05) is 4.88 Å². The summed E-state index contributed by atoms with van der Waals surface area (Å²) in [4.78, 5) is 12.4. The van der Waals surface area contributed by atoms with Crippen LogP contribution in [-0.2, 0) is 4.79 Å². The van der Waals surface area contributed by atoms with Crippen LogP contribution in [0.25, 0.3) is 0 Å². The van der Waals surface area contributed by atoms with Crippen molar-refractivity contribution in [3.8, 4) is 5.75 Å². The van der Waals surface area contributed by atoms with Crippen molar-refractivity contribution in [2.24, 2.45) is 5.10 Å². The van der Waals surface area contributed by atoms with Gasteiger partial charge in [-0.15, -0.1) is 11.3 Å². The monoisotopic (exact) mass is 292 g/mol. The van der Waals surface area contributed by atoms with Crippen molar-refractivity contribution in [3.05, 3.63) is 52.0 Å². The van der Waals surface area contributed by atoms with Gasteiger partial charge in [-0.2, -0.15) is 5.10 Å². The molecule has 0 saturated carbocycles. The van der Waals surface area contributed by atoms with E-state index < -0.39 is 11.7 Å². The largest absolute Gasteiger partial charge is 0.481 e. The van der Waals surface area contributed by atoms with Crippen LogP contribution < -0.4 is 10.2 Å². The van der Waals surface area contributed by atoms with Crippen molar-refractivity contribution < 1.29 is 13.9 Å². The first kappa shape index (κ1) is 14.2. The molecule has 2 rings (SSSR count). The first-order chi connectivity index (χ1) is 9.66. The molecule has 1 aromatic heterocycles. The SMILES string of the molecule is Cc1ccsc1C=NNC(=O)COc1ccccc1F. The molecule has 6 heteroatoms. The Kier molecular flexibility index (Phi) is 4.84. The molecule has 2 aromatic rings. The van der Waals surface area contributed by atoms with E-state index in [1.54, 1.807) is 18.3 Å². The smallest absolute Gasteiger partial charge is 0.277 e. The first-order valence-corrected chi connectivity index (χ1v) is 6.78. The number of hydrazone groups is 1. The lowest BCUT2D eigenvalue weighted by Crippen LogP contribution is -2.24. The zero-order chi connectivity index (χ0) is 14.4. The van der Waals surface area contributed by atoms with Crippen molar-refractivity contribution in [1.82, 2.24) is 5.43 Å². The number of ether oxygens (including phenoxy) is 1. The second-order valence-corrected chi connectivity index (χ2v) is 4.93. The van der Waals surface area contributed by atoms with Crippen molar-refractivity contribution >= 4 is 23.5 Å². The summed E-state index contributed by atoms with van der Waals surface area (Å²) in [6.07, 6.45) is 1.57. The predicted molar refractivity (Wildman–Crippen MR) is 76.7 cm³/mol. The maximum Gasteiger partial charge on any atom is 0.277 e. The highest BCUT2D eigenvalue weighted by Gasteiger charge is 2.05. The third-order valence-electron chi connectivity index (χ3n) is 2.47. The lowest BCUT2D eigenvalue weighted by atomic mass is 10.3. The van der Waals surface area contributed by atoms with E-state index in [2.05, 4.69) is 10.5 Å². The van der Waals surface area contributed by atoms with E-state index >= 15 is 0 Å². The number of para-hydroxylation sites is 1. The summed E-state index contributed by atoms with van der Waals surface area (Å²) in [5.74, 6) is -0.905. The van der Waals surface area contributed by atoms with E-state index in [4.69, 9.17) is 4.74 Å². The normalized spacial score (nSPS) is 10.7. The predicted octanol–water partition coefficient (Wildman–Crippen LogP) is 2.72. The molecule has 1 N–H and O–H groups in total. The Labute approximate surface area is 119 Å². The molecule has 0 saturated heterocycles. The van der Waals surface area contributed by atoms with Gasteiger partial charge in [-0.05, 0) is 36.1 Å². The molecule has 0 bridgehead atoms. The molecular weight excluding hydrogens is 279 g/mol. The molecule has 1 aromatic carbocycles. The molecule has 0 aliphatic carbocycles. The van der Waals surface area contributed by atoms with Crippen LogP contribution in [0.4, 0.5) is 4.39 Å². The zero-order valence-corrected chi connectivity index (χ0v) is 11.6. The van der Waals surface area contributed by atoms with Gasteiger partial charge in [0.2, 0.25) is 0 Å². The van der Waals surface area contributed by atoms with Gasteiger partial charge in [0.15, 0.2) is 18.2 Å². The van der Waals surface area contributed by atoms with Gasteiger partial charge in [0.1, 0.15) is 0 Å². The summed E-state index contributed by atoms with van der Waals surface area (Å²) >= 11 is 1.53. The van der Waals surface area contributed by atoms with Crippen LogP contribution in [0, 0.1) is 12.7 Å². The van der Waals surface area contributed by atoms with Crippen molar-refractivity contribution in [2.75, 3.05) is 6.61 Å². The van der Waals surface area contributed by atoms with E-state index in [0.717, 1.165) is 10.4 Å². The molecule has 0 unspecified atom stereocenters. The number of benzene rings is 1. The summed E-state index contributed by atoms with van der Waals surface area (Å²) in [7, 11) is 0. The molecule has 4 nitrogen and oxygen atoms in total. The average Bonchev–Trinajstić information content (AvgIpc) is 2.84. The fourth-order valence-electron chi connectivity index (χ4n) is 1.42. The van der Waals surface area contributed by atoms with E-state index in [1.165, 1.54) is 23.5 Å². The number of amides is 1. The fraction of sp³-hybridized carbons (Fsp3) is 0.143. The van der Waals surface area contributed by atoms with Crippen molar-refractivity contribution in [3.63, 3.8) is 0 Å². The van der Waals surface area contributed by atoms with Gasteiger partial charge in [-0.1, -0.05) is 12.1 Å². The van der Waals surface area contributed by atoms with E-state index in [-0.39, 0.29) is 12.4 Å². The van der Waals surface area contributed by atoms with Crippen LogP contribution in [-0.4, -0.2) is 18.7 Å². The van der Waals surface area contributed by atoms with Gasteiger partial charge in [-0.3, -0.25) is 4.79 Å². The van der Waals surface area contributed by atoms with Gasteiger partial charge in [-0.25, -0.2) is 9.82 Å². The molecule has 0 spiro atoms. The van der Waals surface area contributed by atoms with Gasteiger partial charge in [0.05, 0.1) is 6.21 Å². The standard InChI is InChI=1S/C14H13FN2O2S/c1-10-6-7-20-13(10)8-16-17-14(18)9-19-12-5-3-2-4-11(12)15/h2-8H,9H2,1H3,(H,17,18). The lowest BCUT2D eigenvalue weighted by molar-refractivity contribution is -0.123. The number of carbonyl (C=O) groups excluding carboxylic acids is 1. The molecule has 0 atom stereocenters. The molecule has 0 fully saturated rings. The number of thiophene rings is 1. The highest BCUT2D eigenvalue weighted by Crippen LogP contribution is 2.15. The van der Waals surface area contributed by atoms with Crippen LogP contribution in [0.5, 0.6) is 5.75 Å². The van der Waals surface area contributed by atoms with Crippen LogP contribution in [0.1, 0.15) is 10.4 Å². The van der Waals surface area contributed by atoms with Crippen LogP contribution in [0.3, 0.4) is 0 Å². The first-order valence-electron chi connectivity index (χ1n) is 5.90. The highest BCUT2D eigenvalue weighted by molar-refractivity contribution is 7.11. The second kappa shape index (κ2) is 6.81. The maximum atomic E-state index is 13.2. The number of hydrogen-bond acceptors (Lipinski definition) is 4. The Bertz CT molecular complexity index is 625. The van der Waals surface area contributed by atoms with Crippen molar-refractivity contribution in [2.45, 2.75) is 6.92 Å². The number of nitrogens with one attached hydrogen (secondary N) is 1. The minimum Gasteiger partial charge on any atom is -0.481 e. The number of nitrogens with zero attached hydrogens (tertiary/aromatic N) is 1. The number of hydrogen-bond donors (Lipinski definition) is 1. The topological polar surface area (TPSA) is 50.7 Å². The third-order valence-corrected chi connectivity index (χ3v) is 3.42. The number of halogens is 1. The quantitative estimate of drug-likeness (QED) is 0.680. The Morgan fingerprint density at radius 3 is 2.95 bits per heavy atom. The Hall–Kier alpha value is -2.21. The van der Waals surface area contributed by atoms with Gasteiger partial charge in [0.25, 0.3) is 5.91 Å². The molecule has 0 aliphatic heterocycles. The summed E-state index contributed by atoms with van der Waals surface area (Å²) in [6, 6.07) is 7.88. The molecule has 0 aliphatic rings. The zero-order valence-electron chi connectivity index (χ0n) is 10.8. The Morgan fingerprint density at radius 2 is 2.25 bits per heavy atom. The van der Waals surface area contributed by atoms with Crippen LogP contribution in [0.2, 0.25) is 0 Å². The van der Waals surface area contributed by atoms with Crippen molar-refractivity contribution in [1.29, 1.82) is 0 Å². The number of carbonyl (C=O) groups is 1. The molecule has 0 radical (unpaired) electrons. The number of aryl methyl sites for hydroxylation is 1.